The van der Waals surface area contributed by atoms with E-state index in [1.807, 2.05) is 13.0 Å². The van der Waals surface area contributed by atoms with Crippen LogP contribution in [0.5, 0.6) is 0 Å². The maximum atomic E-state index is 13.5. The Morgan fingerprint density at radius 2 is 2.00 bits per heavy atom. The zero-order chi connectivity index (χ0) is 14.0. The Kier molecular flexibility index (Phi) is 4.09. The number of anilines is 1. The Bertz CT molecular complexity index is 595. The molecule has 0 fully saturated rings. The molecule has 100 valence electrons. The summed E-state index contributed by atoms with van der Waals surface area (Å²) < 4.78 is 26.7. The summed E-state index contributed by atoms with van der Waals surface area (Å²) in [6.45, 7) is 1.96. The Morgan fingerprint density at radius 3 is 2.63 bits per heavy atom. The van der Waals surface area contributed by atoms with E-state index >= 15 is 0 Å². The minimum Gasteiger partial charge on any atom is -0.373 e. The fraction of sp³-hybridized carbons (Fsp3) is 0.231. The minimum atomic E-state index is -0.936. The van der Waals surface area contributed by atoms with Gasteiger partial charge in [0, 0.05) is 24.4 Å². The maximum absolute atomic E-state index is 13.5. The van der Waals surface area contributed by atoms with E-state index in [9.17, 15) is 8.78 Å². The van der Waals surface area contributed by atoms with Crippen molar-refractivity contribution in [3.05, 3.63) is 40.0 Å². The van der Waals surface area contributed by atoms with Crippen molar-refractivity contribution in [3.8, 4) is 11.4 Å². The van der Waals surface area contributed by atoms with Crippen molar-refractivity contribution in [1.29, 1.82) is 0 Å². The van der Waals surface area contributed by atoms with Crippen LogP contribution in [0, 0.1) is 11.6 Å². The summed E-state index contributed by atoms with van der Waals surface area (Å²) in [5.74, 6) is -0.849. The summed E-state index contributed by atoms with van der Waals surface area (Å²) in [5.41, 5.74) is 1.25. The van der Waals surface area contributed by atoms with Gasteiger partial charge in [-0.2, -0.15) is 0 Å². The van der Waals surface area contributed by atoms with Crippen LogP contribution in [0.2, 0.25) is 0 Å². The molecule has 1 aromatic heterocycles. The van der Waals surface area contributed by atoms with E-state index < -0.39 is 11.6 Å². The van der Waals surface area contributed by atoms with Gasteiger partial charge in [0.25, 0.3) is 0 Å². The number of hydrogen-bond acceptors (Lipinski definition) is 3. The van der Waals surface area contributed by atoms with Crippen molar-refractivity contribution in [2.75, 3.05) is 12.4 Å². The van der Waals surface area contributed by atoms with Crippen LogP contribution in [0.25, 0.3) is 11.4 Å². The predicted molar refractivity (Wildman–Crippen MR) is 74.0 cm³/mol. The van der Waals surface area contributed by atoms with Gasteiger partial charge in [0.1, 0.15) is 5.82 Å². The minimum absolute atomic E-state index is 0.0304. The molecule has 0 spiro atoms. The molecule has 0 bridgehead atoms. The molecular formula is C13H12BrF2N3. The standard InChI is InChI=1S/C13H12BrF2N3/c1-3-7-6-10(17-2)19-13(18-7)8-4-5-9(15)12(16)11(8)14/h4-6H,3H2,1-2H3,(H,17,18,19). The average Bonchev–Trinajstić information content (AvgIpc) is 2.44. The molecule has 19 heavy (non-hydrogen) atoms. The Labute approximate surface area is 118 Å². The lowest BCUT2D eigenvalue weighted by Crippen LogP contribution is -2.01. The third kappa shape index (κ3) is 2.73. The van der Waals surface area contributed by atoms with Gasteiger partial charge in [-0.25, -0.2) is 18.7 Å². The number of rotatable bonds is 3. The molecule has 0 aliphatic rings. The maximum Gasteiger partial charge on any atom is 0.173 e. The van der Waals surface area contributed by atoms with E-state index in [-0.39, 0.29) is 4.47 Å². The molecule has 1 aromatic carbocycles. The molecule has 3 nitrogen and oxygen atoms in total. The van der Waals surface area contributed by atoms with Gasteiger partial charge in [-0.1, -0.05) is 6.92 Å². The highest BCUT2D eigenvalue weighted by Gasteiger charge is 2.15. The molecule has 0 aliphatic heterocycles. The van der Waals surface area contributed by atoms with Gasteiger partial charge in [-0.15, -0.1) is 0 Å². The average molecular weight is 328 g/mol. The lowest BCUT2D eigenvalue weighted by Gasteiger charge is -2.09. The molecule has 0 atom stereocenters. The van der Waals surface area contributed by atoms with Crippen molar-refractivity contribution in [2.24, 2.45) is 0 Å². The topological polar surface area (TPSA) is 37.8 Å². The molecule has 0 saturated heterocycles. The van der Waals surface area contributed by atoms with Gasteiger partial charge in [0.2, 0.25) is 0 Å². The second kappa shape index (κ2) is 5.61. The van der Waals surface area contributed by atoms with Gasteiger partial charge >= 0.3 is 0 Å². The van der Waals surface area contributed by atoms with Crippen molar-refractivity contribution < 1.29 is 8.78 Å². The first-order valence-electron chi connectivity index (χ1n) is 5.76. The summed E-state index contributed by atoms with van der Waals surface area (Å²) in [5, 5.41) is 2.92. The number of aryl methyl sites for hydroxylation is 1. The van der Waals surface area contributed by atoms with E-state index in [1.165, 1.54) is 6.07 Å². The highest BCUT2D eigenvalue weighted by atomic mass is 79.9. The molecule has 0 amide bonds. The summed E-state index contributed by atoms with van der Waals surface area (Å²) >= 11 is 3.05. The predicted octanol–water partition coefficient (Wildman–Crippen LogP) is 3.79. The largest absolute Gasteiger partial charge is 0.373 e. The number of hydrogen-bond donors (Lipinski definition) is 1. The van der Waals surface area contributed by atoms with Crippen LogP contribution in [0.15, 0.2) is 22.7 Å². The van der Waals surface area contributed by atoms with E-state index in [1.54, 1.807) is 7.05 Å². The zero-order valence-corrected chi connectivity index (χ0v) is 12.1. The van der Waals surface area contributed by atoms with Gasteiger partial charge in [0.05, 0.1) is 4.47 Å². The first-order valence-corrected chi connectivity index (χ1v) is 6.55. The van der Waals surface area contributed by atoms with Gasteiger partial charge in [-0.05, 0) is 34.5 Å². The molecule has 6 heteroatoms. The number of nitrogens with one attached hydrogen (secondary N) is 1. The number of benzene rings is 1. The normalized spacial score (nSPS) is 10.6. The van der Waals surface area contributed by atoms with Crippen molar-refractivity contribution in [2.45, 2.75) is 13.3 Å². The zero-order valence-electron chi connectivity index (χ0n) is 10.5. The van der Waals surface area contributed by atoms with E-state index in [0.29, 0.717) is 17.2 Å². The Morgan fingerprint density at radius 1 is 1.26 bits per heavy atom. The highest BCUT2D eigenvalue weighted by molar-refractivity contribution is 9.10. The number of halogens is 3. The van der Waals surface area contributed by atoms with Crippen LogP contribution in [-0.4, -0.2) is 17.0 Å². The Hall–Kier alpha value is -1.56. The van der Waals surface area contributed by atoms with Crippen LogP contribution in [0.3, 0.4) is 0 Å². The van der Waals surface area contributed by atoms with E-state index in [4.69, 9.17) is 0 Å². The smallest absolute Gasteiger partial charge is 0.173 e. The SMILES string of the molecule is CCc1cc(NC)nc(-c2ccc(F)c(F)c2Br)n1. The second-order valence-electron chi connectivity index (χ2n) is 3.89. The molecule has 0 aliphatic carbocycles. The quantitative estimate of drug-likeness (QED) is 0.871. The van der Waals surface area contributed by atoms with Gasteiger partial charge in [-0.3, -0.25) is 0 Å². The third-order valence-electron chi connectivity index (χ3n) is 2.67. The molecule has 1 heterocycles. The fourth-order valence-electron chi connectivity index (χ4n) is 1.63. The second-order valence-corrected chi connectivity index (χ2v) is 4.69. The number of aromatic nitrogens is 2. The fourth-order valence-corrected chi connectivity index (χ4v) is 2.12. The summed E-state index contributed by atoms with van der Waals surface area (Å²) in [7, 11) is 1.74. The summed E-state index contributed by atoms with van der Waals surface area (Å²) in [6.07, 6.45) is 0.728. The van der Waals surface area contributed by atoms with Crippen LogP contribution in [-0.2, 0) is 6.42 Å². The number of nitrogens with zero attached hydrogens (tertiary/aromatic N) is 2. The van der Waals surface area contributed by atoms with E-state index in [2.05, 4.69) is 31.2 Å². The molecule has 2 aromatic rings. The monoisotopic (exact) mass is 327 g/mol. The molecular weight excluding hydrogens is 316 g/mol. The lowest BCUT2D eigenvalue weighted by molar-refractivity contribution is 0.504. The highest BCUT2D eigenvalue weighted by Crippen LogP contribution is 2.30. The molecule has 2 rings (SSSR count). The molecule has 1 N–H and O–H groups in total. The first kappa shape index (κ1) is 13.9. The van der Waals surface area contributed by atoms with Crippen molar-refractivity contribution >= 4 is 21.7 Å². The summed E-state index contributed by atoms with van der Waals surface area (Å²) in [6, 6.07) is 4.34. The van der Waals surface area contributed by atoms with Crippen LogP contribution < -0.4 is 5.32 Å². The third-order valence-corrected chi connectivity index (χ3v) is 3.45. The van der Waals surface area contributed by atoms with E-state index in [0.717, 1.165) is 18.2 Å². The van der Waals surface area contributed by atoms with Crippen LogP contribution in [0.1, 0.15) is 12.6 Å². The van der Waals surface area contributed by atoms with Crippen LogP contribution in [0.4, 0.5) is 14.6 Å². The molecule has 0 radical (unpaired) electrons. The molecule has 0 unspecified atom stereocenters. The van der Waals surface area contributed by atoms with Crippen molar-refractivity contribution in [1.82, 2.24) is 9.97 Å². The van der Waals surface area contributed by atoms with Crippen LogP contribution >= 0.6 is 15.9 Å². The van der Waals surface area contributed by atoms with Gasteiger partial charge in [0.15, 0.2) is 17.5 Å². The molecule has 0 saturated carbocycles. The van der Waals surface area contributed by atoms with Gasteiger partial charge < -0.3 is 5.32 Å². The van der Waals surface area contributed by atoms with Crippen molar-refractivity contribution in [3.63, 3.8) is 0 Å². The summed E-state index contributed by atoms with van der Waals surface area (Å²) in [4.78, 5) is 8.59. The lowest BCUT2D eigenvalue weighted by atomic mass is 10.2. The Balaban J connectivity index is 2.61. The first-order chi connectivity index (χ1) is 9.06.